The van der Waals surface area contributed by atoms with Gasteiger partial charge in [0, 0.05) is 31.2 Å². The van der Waals surface area contributed by atoms with Gasteiger partial charge in [-0.15, -0.1) is 0 Å². The first-order valence-electron chi connectivity index (χ1n) is 5.85. The highest BCUT2D eigenvalue weighted by atomic mass is 32.2. The average Bonchev–Trinajstić information content (AvgIpc) is 2.36. The SMILES string of the molecule is CN(C)C(=O)c1cccc(CSCC(O)C(F)(F)F)c1. The average molecular weight is 307 g/mol. The van der Waals surface area contributed by atoms with Gasteiger partial charge in [0.05, 0.1) is 0 Å². The highest BCUT2D eigenvalue weighted by Gasteiger charge is 2.37. The molecule has 0 fully saturated rings. The lowest BCUT2D eigenvalue weighted by Gasteiger charge is -2.14. The second kappa shape index (κ2) is 6.99. The summed E-state index contributed by atoms with van der Waals surface area (Å²) in [5.74, 6) is -0.274. The zero-order valence-electron chi connectivity index (χ0n) is 11.1. The van der Waals surface area contributed by atoms with Crippen LogP contribution in [0.15, 0.2) is 24.3 Å². The van der Waals surface area contributed by atoms with Crippen molar-refractivity contribution in [1.82, 2.24) is 4.90 Å². The van der Waals surface area contributed by atoms with Crippen molar-refractivity contribution in [1.29, 1.82) is 0 Å². The fraction of sp³-hybridized carbons (Fsp3) is 0.462. The predicted octanol–water partition coefficient (Wildman–Crippen LogP) is 2.54. The van der Waals surface area contributed by atoms with Crippen LogP contribution in [0.4, 0.5) is 13.2 Å². The maximum Gasteiger partial charge on any atom is 0.415 e. The summed E-state index contributed by atoms with van der Waals surface area (Å²) in [6.45, 7) is 0. The molecule has 1 amide bonds. The normalized spacial score (nSPS) is 13.1. The smallest absolute Gasteiger partial charge is 0.383 e. The van der Waals surface area contributed by atoms with Gasteiger partial charge in [0.25, 0.3) is 5.91 Å². The Kier molecular flexibility index (Phi) is 5.88. The summed E-state index contributed by atoms with van der Waals surface area (Å²) in [6, 6.07) is 6.72. The highest BCUT2D eigenvalue weighted by Crippen LogP contribution is 2.24. The molecule has 0 aliphatic rings. The second-order valence-electron chi connectivity index (χ2n) is 4.47. The molecule has 0 bridgehead atoms. The third-order valence-corrected chi connectivity index (χ3v) is 3.59. The first-order chi connectivity index (χ1) is 9.21. The molecule has 0 heterocycles. The van der Waals surface area contributed by atoms with E-state index in [0.717, 1.165) is 17.3 Å². The summed E-state index contributed by atoms with van der Waals surface area (Å²) in [5.41, 5.74) is 1.24. The Hall–Kier alpha value is -1.21. The van der Waals surface area contributed by atoms with Crippen LogP contribution >= 0.6 is 11.8 Å². The van der Waals surface area contributed by atoms with Crippen LogP contribution in [-0.2, 0) is 5.75 Å². The Morgan fingerprint density at radius 1 is 1.40 bits per heavy atom. The minimum absolute atomic E-state index is 0.160. The number of aliphatic hydroxyl groups excluding tert-OH is 1. The Balaban J connectivity index is 2.57. The molecule has 1 unspecified atom stereocenters. The lowest BCUT2D eigenvalue weighted by molar-refractivity contribution is -0.195. The molecular formula is C13H16F3NO2S. The molecule has 0 spiro atoms. The zero-order chi connectivity index (χ0) is 15.3. The molecule has 0 aliphatic heterocycles. The van der Waals surface area contributed by atoms with Crippen LogP contribution in [0.3, 0.4) is 0 Å². The van der Waals surface area contributed by atoms with Gasteiger partial charge in [0.15, 0.2) is 6.10 Å². The number of halogens is 3. The Morgan fingerprint density at radius 2 is 2.05 bits per heavy atom. The lowest BCUT2D eigenvalue weighted by atomic mass is 10.1. The van der Waals surface area contributed by atoms with E-state index < -0.39 is 18.0 Å². The van der Waals surface area contributed by atoms with Gasteiger partial charge in [-0.05, 0) is 17.7 Å². The molecule has 112 valence electrons. The van der Waals surface area contributed by atoms with Crippen molar-refractivity contribution in [3.63, 3.8) is 0 Å². The maximum absolute atomic E-state index is 12.1. The van der Waals surface area contributed by atoms with E-state index in [1.807, 2.05) is 0 Å². The largest absolute Gasteiger partial charge is 0.415 e. The van der Waals surface area contributed by atoms with E-state index in [4.69, 9.17) is 5.11 Å². The third kappa shape index (κ3) is 5.05. The van der Waals surface area contributed by atoms with Gasteiger partial charge in [0.2, 0.25) is 0 Å². The Labute approximate surface area is 119 Å². The molecular weight excluding hydrogens is 291 g/mol. The molecule has 1 atom stereocenters. The first kappa shape index (κ1) is 16.8. The van der Waals surface area contributed by atoms with E-state index in [9.17, 15) is 18.0 Å². The fourth-order valence-corrected chi connectivity index (χ4v) is 2.38. The molecule has 0 aromatic heterocycles. The van der Waals surface area contributed by atoms with Crippen LogP contribution < -0.4 is 0 Å². The van der Waals surface area contributed by atoms with Crippen molar-refractivity contribution in [2.24, 2.45) is 0 Å². The zero-order valence-corrected chi connectivity index (χ0v) is 12.0. The minimum atomic E-state index is -4.59. The fourth-order valence-electron chi connectivity index (χ4n) is 1.44. The quantitative estimate of drug-likeness (QED) is 0.909. The molecule has 0 saturated carbocycles. The number of alkyl halides is 3. The van der Waals surface area contributed by atoms with Crippen molar-refractivity contribution < 1.29 is 23.1 Å². The predicted molar refractivity (Wildman–Crippen MR) is 72.7 cm³/mol. The summed E-state index contributed by atoms with van der Waals surface area (Å²) in [6.07, 6.45) is -6.91. The second-order valence-corrected chi connectivity index (χ2v) is 5.50. The Morgan fingerprint density at radius 3 is 2.60 bits per heavy atom. The number of thioether (sulfide) groups is 1. The minimum Gasteiger partial charge on any atom is -0.383 e. The van der Waals surface area contributed by atoms with Gasteiger partial charge in [0.1, 0.15) is 0 Å². The summed E-state index contributed by atoms with van der Waals surface area (Å²) >= 11 is 0.975. The number of carbonyl (C=O) groups excluding carboxylic acids is 1. The molecule has 0 radical (unpaired) electrons. The van der Waals surface area contributed by atoms with Gasteiger partial charge < -0.3 is 10.0 Å². The first-order valence-corrected chi connectivity index (χ1v) is 7.00. The summed E-state index contributed by atoms with van der Waals surface area (Å²) < 4.78 is 36.4. The van der Waals surface area contributed by atoms with Gasteiger partial charge in [-0.1, -0.05) is 12.1 Å². The number of benzene rings is 1. The van der Waals surface area contributed by atoms with Crippen molar-refractivity contribution in [2.75, 3.05) is 19.8 Å². The van der Waals surface area contributed by atoms with Crippen LogP contribution in [0.25, 0.3) is 0 Å². The molecule has 1 N–H and O–H groups in total. The van der Waals surface area contributed by atoms with E-state index in [2.05, 4.69) is 0 Å². The number of hydrogen-bond donors (Lipinski definition) is 1. The van der Waals surface area contributed by atoms with E-state index in [0.29, 0.717) is 11.3 Å². The highest BCUT2D eigenvalue weighted by molar-refractivity contribution is 7.98. The van der Waals surface area contributed by atoms with E-state index in [1.54, 1.807) is 38.4 Å². The van der Waals surface area contributed by atoms with Crippen LogP contribution in [0.5, 0.6) is 0 Å². The van der Waals surface area contributed by atoms with Crippen molar-refractivity contribution >= 4 is 17.7 Å². The topological polar surface area (TPSA) is 40.5 Å². The van der Waals surface area contributed by atoms with Gasteiger partial charge >= 0.3 is 6.18 Å². The number of aliphatic hydroxyl groups is 1. The molecule has 1 rings (SSSR count). The van der Waals surface area contributed by atoms with Gasteiger partial charge in [-0.25, -0.2) is 0 Å². The molecule has 7 heteroatoms. The Bertz CT molecular complexity index is 463. The number of hydrogen-bond acceptors (Lipinski definition) is 3. The monoisotopic (exact) mass is 307 g/mol. The molecule has 1 aromatic carbocycles. The molecule has 20 heavy (non-hydrogen) atoms. The van der Waals surface area contributed by atoms with Gasteiger partial charge in [-0.2, -0.15) is 24.9 Å². The molecule has 3 nitrogen and oxygen atoms in total. The van der Waals surface area contributed by atoms with E-state index in [-0.39, 0.29) is 5.91 Å². The summed E-state index contributed by atoms with van der Waals surface area (Å²) in [4.78, 5) is 13.2. The lowest BCUT2D eigenvalue weighted by Crippen LogP contribution is -2.30. The summed E-state index contributed by atoms with van der Waals surface area (Å²) in [5, 5.41) is 8.87. The number of nitrogens with zero attached hydrogens (tertiary/aromatic N) is 1. The molecule has 0 saturated heterocycles. The third-order valence-electron chi connectivity index (χ3n) is 2.50. The van der Waals surface area contributed by atoms with Gasteiger partial charge in [-0.3, -0.25) is 4.79 Å². The van der Waals surface area contributed by atoms with Crippen molar-refractivity contribution in [3.8, 4) is 0 Å². The van der Waals surface area contributed by atoms with Crippen LogP contribution in [0, 0.1) is 0 Å². The number of amides is 1. The summed E-state index contributed by atoms with van der Waals surface area (Å²) in [7, 11) is 3.26. The molecule has 0 aliphatic carbocycles. The maximum atomic E-state index is 12.1. The van der Waals surface area contributed by atoms with Crippen LogP contribution in [0.2, 0.25) is 0 Å². The van der Waals surface area contributed by atoms with Crippen molar-refractivity contribution in [2.45, 2.75) is 18.0 Å². The van der Waals surface area contributed by atoms with Crippen LogP contribution in [0.1, 0.15) is 15.9 Å². The van der Waals surface area contributed by atoms with Crippen LogP contribution in [-0.4, -0.2) is 48.0 Å². The van der Waals surface area contributed by atoms with E-state index in [1.165, 1.54) is 4.90 Å². The van der Waals surface area contributed by atoms with Crippen molar-refractivity contribution in [3.05, 3.63) is 35.4 Å². The molecule has 1 aromatic rings. The standard InChI is InChI=1S/C13H16F3NO2S/c1-17(2)12(19)10-5-3-4-9(6-10)7-20-8-11(18)13(14,15)16/h3-6,11,18H,7-8H2,1-2H3. The van der Waals surface area contributed by atoms with E-state index >= 15 is 0 Å². The number of rotatable bonds is 5. The number of carbonyl (C=O) groups is 1.